The summed E-state index contributed by atoms with van der Waals surface area (Å²) in [6, 6.07) is 18.9. The van der Waals surface area contributed by atoms with Crippen molar-refractivity contribution >= 4 is 28.3 Å². The lowest BCUT2D eigenvalue weighted by Gasteiger charge is -1.99. The van der Waals surface area contributed by atoms with Gasteiger partial charge >= 0.3 is 0 Å². The van der Waals surface area contributed by atoms with Gasteiger partial charge in [0, 0.05) is 28.2 Å². The van der Waals surface area contributed by atoms with E-state index in [0.29, 0.717) is 22.1 Å². The van der Waals surface area contributed by atoms with Gasteiger partial charge in [0.15, 0.2) is 11.9 Å². The van der Waals surface area contributed by atoms with Gasteiger partial charge in [0.25, 0.3) is 0 Å². The highest BCUT2D eigenvalue weighted by atomic mass is 35.5. The van der Waals surface area contributed by atoms with Gasteiger partial charge < -0.3 is 14.1 Å². The number of Topliss-reactive ketones (excluding diaryl/α,β-unsaturated/α-hetero) is 1. The molecular weight excluding hydrogens is 350 g/mol. The van der Waals surface area contributed by atoms with E-state index in [-0.39, 0.29) is 11.9 Å². The SMILES string of the molecule is O=C(c1c[nH]c2ccccc12)[C@H]1O[C@@H]1c1ccc(-c2ccccc2Cl)o1. The molecule has 128 valence electrons. The summed E-state index contributed by atoms with van der Waals surface area (Å²) in [4.78, 5) is 15.9. The lowest BCUT2D eigenvalue weighted by Crippen LogP contribution is -2.07. The van der Waals surface area contributed by atoms with Gasteiger partial charge in [-0.3, -0.25) is 4.79 Å². The van der Waals surface area contributed by atoms with Gasteiger partial charge in [0.05, 0.1) is 5.02 Å². The van der Waals surface area contributed by atoms with Crippen LogP contribution in [0.25, 0.3) is 22.2 Å². The monoisotopic (exact) mass is 363 g/mol. The van der Waals surface area contributed by atoms with Gasteiger partial charge in [-0.2, -0.15) is 0 Å². The van der Waals surface area contributed by atoms with Crippen LogP contribution in [0.2, 0.25) is 5.02 Å². The van der Waals surface area contributed by atoms with Gasteiger partial charge in [-0.15, -0.1) is 0 Å². The molecule has 2 atom stereocenters. The Balaban J connectivity index is 1.39. The number of ketones is 1. The summed E-state index contributed by atoms with van der Waals surface area (Å²) in [6.07, 6.45) is 0.870. The van der Waals surface area contributed by atoms with Crippen LogP contribution in [0.15, 0.2) is 71.3 Å². The Morgan fingerprint density at radius 2 is 1.81 bits per heavy atom. The first-order valence-corrected chi connectivity index (χ1v) is 8.70. The Kier molecular flexibility index (Phi) is 3.48. The number of furan rings is 1. The molecule has 0 spiro atoms. The number of para-hydroxylation sites is 1. The lowest BCUT2D eigenvalue weighted by atomic mass is 10.0. The Morgan fingerprint density at radius 3 is 2.69 bits per heavy atom. The molecule has 3 heterocycles. The molecule has 4 nitrogen and oxygen atoms in total. The van der Waals surface area contributed by atoms with Crippen LogP contribution >= 0.6 is 11.6 Å². The van der Waals surface area contributed by atoms with Crippen molar-refractivity contribution in [1.29, 1.82) is 0 Å². The minimum absolute atomic E-state index is 0.0388. The van der Waals surface area contributed by atoms with Crippen LogP contribution in [0, 0.1) is 0 Å². The quantitative estimate of drug-likeness (QED) is 0.390. The van der Waals surface area contributed by atoms with Crippen LogP contribution in [0.5, 0.6) is 0 Å². The highest BCUT2D eigenvalue weighted by molar-refractivity contribution is 6.33. The first-order chi connectivity index (χ1) is 12.7. The molecule has 0 amide bonds. The number of fused-ring (bicyclic) bond motifs is 1. The largest absolute Gasteiger partial charge is 0.458 e. The third-order valence-corrected chi connectivity index (χ3v) is 4.98. The van der Waals surface area contributed by atoms with Crippen molar-refractivity contribution in [3.63, 3.8) is 0 Å². The van der Waals surface area contributed by atoms with E-state index < -0.39 is 6.10 Å². The molecule has 0 radical (unpaired) electrons. The first kappa shape index (κ1) is 15.4. The Labute approximate surface area is 154 Å². The zero-order chi connectivity index (χ0) is 17.7. The maximum absolute atomic E-state index is 12.8. The molecule has 0 bridgehead atoms. The number of aromatic amines is 1. The molecule has 1 fully saturated rings. The van der Waals surface area contributed by atoms with Gasteiger partial charge in [0.1, 0.15) is 17.6 Å². The number of ether oxygens (including phenoxy) is 1. The van der Waals surface area contributed by atoms with E-state index >= 15 is 0 Å². The van der Waals surface area contributed by atoms with E-state index in [4.69, 9.17) is 20.8 Å². The standard InChI is InChI=1S/C21H14ClNO3/c22-15-7-3-1-6-13(15)17-9-10-18(25-17)20-21(26-20)19(24)14-11-23-16-8-4-2-5-12(14)16/h1-11,20-21,23H/t20-,21-/m1/s1. The minimum Gasteiger partial charge on any atom is -0.458 e. The molecular formula is C21H14ClNO3. The number of carbonyl (C=O) groups is 1. The van der Waals surface area contributed by atoms with Gasteiger partial charge in [-0.1, -0.05) is 41.9 Å². The molecule has 1 N–H and O–H groups in total. The van der Waals surface area contributed by atoms with E-state index in [1.807, 2.05) is 60.7 Å². The molecule has 5 rings (SSSR count). The number of H-pyrrole nitrogens is 1. The second kappa shape index (κ2) is 5.87. The second-order valence-electron chi connectivity index (χ2n) is 6.27. The van der Waals surface area contributed by atoms with E-state index in [1.54, 1.807) is 6.20 Å². The van der Waals surface area contributed by atoms with Crippen LogP contribution < -0.4 is 0 Å². The Hall–Kier alpha value is -2.82. The highest BCUT2D eigenvalue weighted by Crippen LogP contribution is 2.43. The number of nitrogens with one attached hydrogen (secondary N) is 1. The average Bonchev–Trinajstić information content (AvgIpc) is 3.12. The zero-order valence-corrected chi connectivity index (χ0v) is 14.4. The molecule has 2 aromatic heterocycles. The third kappa shape index (κ3) is 2.46. The molecule has 0 aliphatic carbocycles. The maximum Gasteiger partial charge on any atom is 0.196 e. The Morgan fingerprint density at radius 1 is 1.00 bits per heavy atom. The van der Waals surface area contributed by atoms with Crippen molar-refractivity contribution in [1.82, 2.24) is 4.98 Å². The first-order valence-electron chi connectivity index (χ1n) is 8.33. The van der Waals surface area contributed by atoms with Crippen molar-refractivity contribution in [2.45, 2.75) is 12.2 Å². The number of carbonyl (C=O) groups excluding carboxylic acids is 1. The van der Waals surface area contributed by atoms with Crippen molar-refractivity contribution in [3.8, 4) is 11.3 Å². The van der Waals surface area contributed by atoms with Gasteiger partial charge in [-0.25, -0.2) is 0 Å². The number of rotatable bonds is 4. The topological polar surface area (TPSA) is 58.5 Å². The van der Waals surface area contributed by atoms with Crippen LogP contribution in [0.4, 0.5) is 0 Å². The normalized spacial score (nSPS) is 19.0. The molecule has 1 aliphatic heterocycles. The van der Waals surface area contributed by atoms with Crippen LogP contribution in [0.3, 0.4) is 0 Å². The summed E-state index contributed by atoms with van der Waals surface area (Å²) in [5.41, 5.74) is 2.40. The number of benzene rings is 2. The fourth-order valence-electron chi connectivity index (χ4n) is 3.27. The molecule has 0 saturated carbocycles. The number of aromatic nitrogens is 1. The lowest BCUT2D eigenvalue weighted by molar-refractivity contribution is 0.0955. The number of hydrogen-bond acceptors (Lipinski definition) is 3. The highest BCUT2D eigenvalue weighted by Gasteiger charge is 2.48. The van der Waals surface area contributed by atoms with Crippen molar-refractivity contribution in [2.75, 3.05) is 0 Å². The average molecular weight is 364 g/mol. The minimum atomic E-state index is -0.514. The number of halogens is 1. The molecule has 2 aromatic carbocycles. The van der Waals surface area contributed by atoms with Crippen molar-refractivity contribution < 1.29 is 13.9 Å². The Bertz CT molecular complexity index is 1130. The summed E-state index contributed by atoms with van der Waals surface area (Å²) < 4.78 is 11.5. The smallest absolute Gasteiger partial charge is 0.196 e. The summed E-state index contributed by atoms with van der Waals surface area (Å²) >= 11 is 6.22. The second-order valence-corrected chi connectivity index (χ2v) is 6.68. The third-order valence-electron chi connectivity index (χ3n) is 4.65. The molecule has 26 heavy (non-hydrogen) atoms. The molecule has 5 heteroatoms. The molecule has 1 saturated heterocycles. The van der Waals surface area contributed by atoms with Gasteiger partial charge in [-0.05, 0) is 30.3 Å². The van der Waals surface area contributed by atoms with E-state index in [9.17, 15) is 4.79 Å². The van der Waals surface area contributed by atoms with E-state index in [1.165, 1.54) is 0 Å². The van der Waals surface area contributed by atoms with Crippen LogP contribution in [0.1, 0.15) is 22.2 Å². The fourth-order valence-corrected chi connectivity index (χ4v) is 3.50. The van der Waals surface area contributed by atoms with E-state index in [2.05, 4.69) is 4.98 Å². The number of hydrogen-bond donors (Lipinski definition) is 1. The zero-order valence-electron chi connectivity index (χ0n) is 13.6. The molecule has 4 aromatic rings. The summed E-state index contributed by atoms with van der Waals surface area (Å²) in [6.45, 7) is 0. The summed E-state index contributed by atoms with van der Waals surface area (Å²) in [5.74, 6) is 1.26. The fraction of sp³-hybridized carbons (Fsp3) is 0.0952. The predicted octanol–water partition coefficient (Wildman–Crippen LogP) is 5.40. The molecule has 1 aliphatic rings. The summed E-state index contributed by atoms with van der Waals surface area (Å²) in [5, 5.41) is 1.53. The number of epoxide rings is 1. The predicted molar refractivity (Wildman–Crippen MR) is 99.4 cm³/mol. The van der Waals surface area contributed by atoms with Crippen LogP contribution in [-0.4, -0.2) is 16.9 Å². The van der Waals surface area contributed by atoms with Crippen LogP contribution in [-0.2, 0) is 4.74 Å². The molecule has 0 unspecified atom stereocenters. The van der Waals surface area contributed by atoms with Crippen molar-refractivity contribution in [3.05, 3.63) is 83.2 Å². The van der Waals surface area contributed by atoms with E-state index in [0.717, 1.165) is 16.5 Å². The summed E-state index contributed by atoms with van der Waals surface area (Å²) in [7, 11) is 0. The van der Waals surface area contributed by atoms with Gasteiger partial charge in [0.2, 0.25) is 0 Å². The van der Waals surface area contributed by atoms with Crippen molar-refractivity contribution in [2.24, 2.45) is 0 Å². The maximum atomic E-state index is 12.8.